The second-order valence-corrected chi connectivity index (χ2v) is 7.09. The van der Waals surface area contributed by atoms with E-state index in [2.05, 4.69) is 22.6 Å². The molecule has 0 saturated carbocycles. The van der Waals surface area contributed by atoms with Crippen LogP contribution in [-0.2, 0) is 14.8 Å². The zero-order chi connectivity index (χ0) is 13.1. The van der Waals surface area contributed by atoms with Gasteiger partial charge in [-0.1, -0.05) is 0 Å². The Balaban J connectivity index is 3.15. The third-order valence-electron chi connectivity index (χ3n) is 2.08. The molecule has 0 aromatic heterocycles. The van der Waals surface area contributed by atoms with Crippen LogP contribution in [0.25, 0.3) is 0 Å². The minimum atomic E-state index is -3.50. The van der Waals surface area contributed by atoms with Gasteiger partial charge in [-0.05, 0) is 65.4 Å². The first-order chi connectivity index (χ1) is 7.86. The fraction of sp³-hybridized carbons (Fsp3) is 0.300. The summed E-state index contributed by atoms with van der Waals surface area (Å²) >= 11 is 7.38. The molecule has 0 N–H and O–H groups in total. The van der Waals surface area contributed by atoms with Gasteiger partial charge in [-0.15, -0.1) is 0 Å². The first-order valence-electron chi connectivity index (χ1n) is 4.81. The SMILES string of the molecule is CCS(=O)(=O)N(CC(=O)Cl)c1ccc(I)cc1. The molecular formula is C10H11ClINO3S. The van der Waals surface area contributed by atoms with E-state index in [0.717, 1.165) is 7.88 Å². The van der Waals surface area contributed by atoms with Crippen molar-refractivity contribution < 1.29 is 13.2 Å². The number of rotatable bonds is 5. The fourth-order valence-electron chi connectivity index (χ4n) is 1.23. The highest BCUT2D eigenvalue weighted by atomic mass is 127. The standard InChI is InChI=1S/C10H11ClINO3S/c1-2-17(15,16)13(7-10(11)14)9-5-3-8(12)4-6-9/h3-6H,2,7H2,1H3. The summed E-state index contributed by atoms with van der Waals surface area (Å²) in [6, 6.07) is 6.84. The highest BCUT2D eigenvalue weighted by molar-refractivity contribution is 14.1. The molecule has 4 nitrogen and oxygen atoms in total. The maximum absolute atomic E-state index is 11.8. The van der Waals surface area contributed by atoms with Gasteiger partial charge in [0.05, 0.1) is 11.4 Å². The number of carbonyl (C=O) groups is 1. The van der Waals surface area contributed by atoms with E-state index in [9.17, 15) is 13.2 Å². The zero-order valence-corrected chi connectivity index (χ0v) is 12.8. The summed E-state index contributed by atoms with van der Waals surface area (Å²) in [7, 11) is -3.50. The lowest BCUT2D eigenvalue weighted by molar-refractivity contribution is -0.110. The molecule has 1 aromatic rings. The largest absolute Gasteiger partial charge is 0.279 e. The lowest BCUT2D eigenvalue weighted by atomic mass is 10.3. The monoisotopic (exact) mass is 387 g/mol. The molecule has 0 fully saturated rings. The molecule has 94 valence electrons. The minimum absolute atomic E-state index is 0.0802. The molecule has 0 aliphatic rings. The first-order valence-corrected chi connectivity index (χ1v) is 7.87. The number of anilines is 1. The maximum atomic E-state index is 11.8. The highest BCUT2D eigenvalue weighted by Crippen LogP contribution is 2.20. The molecule has 0 aliphatic carbocycles. The Hall–Kier alpha value is -0.340. The molecule has 0 aliphatic heterocycles. The molecule has 1 aromatic carbocycles. The van der Waals surface area contributed by atoms with Gasteiger partial charge in [0.1, 0.15) is 6.54 Å². The molecule has 1 rings (SSSR count). The molecule has 0 bridgehead atoms. The lowest BCUT2D eigenvalue weighted by Gasteiger charge is -2.22. The van der Waals surface area contributed by atoms with E-state index in [1.165, 1.54) is 6.92 Å². The van der Waals surface area contributed by atoms with Crippen LogP contribution in [0.4, 0.5) is 5.69 Å². The third kappa shape index (κ3) is 4.11. The molecule has 0 spiro atoms. The summed E-state index contributed by atoms with van der Waals surface area (Å²) in [5, 5.41) is -0.708. The molecule has 0 saturated heterocycles. The molecular weight excluding hydrogens is 377 g/mol. The minimum Gasteiger partial charge on any atom is -0.279 e. The van der Waals surface area contributed by atoms with Crippen molar-refractivity contribution in [3.63, 3.8) is 0 Å². The van der Waals surface area contributed by atoms with E-state index in [0.29, 0.717) is 5.69 Å². The summed E-state index contributed by atoms with van der Waals surface area (Å²) in [5.74, 6) is -0.0802. The average molecular weight is 388 g/mol. The van der Waals surface area contributed by atoms with Crippen molar-refractivity contribution in [2.45, 2.75) is 6.92 Å². The molecule has 0 heterocycles. The molecule has 7 heteroatoms. The number of nitrogens with zero attached hydrogens (tertiary/aromatic N) is 1. The van der Waals surface area contributed by atoms with E-state index in [-0.39, 0.29) is 12.3 Å². The Morgan fingerprint density at radius 3 is 2.29 bits per heavy atom. The molecule has 17 heavy (non-hydrogen) atoms. The van der Waals surface area contributed by atoms with E-state index in [4.69, 9.17) is 11.6 Å². The molecule has 0 amide bonds. The first kappa shape index (κ1) is 14.7. The number of hydrogen-bond donors (Lipinski definition) is 0. The summed E-state index contributed by atoms with van der Waals surface area (Å²) in [4.78, 5) is 10.9. The zero-order valence-electron chi connectivity index (χ0n) is 9.06. The number of hydrogen-bond acceptors (Lipinski definition) is 3. The smallest absolute Gasteiger partial charge is 0.242 e. The molecule has 0 radical (unpaired) electrons. The fourth-order valence-corrected chi connectivity index (χ4v) is 2.84. The Labute approximate surface area is 119 Å². The van der Waals surface area contributed by atoms with Gasteiger partial charge in [0.25, 0.3) is 0 Å². The lowest BCUT2D eigenvalue weighted by Crippen LogP contribution is -2.35. The van der Waals surface area contributed by atoms with Crippen LogP contribution in [0.1, 0.15) is 6.92 Å². The number of halogens is 2. The van der Waals surface area contributed by atoms with Gasteiger partial charge in [-0.25, -0.2) is 8.42 Å². The van der Waals surface area contributed by atoms with Gasteiger partial charge < -0.3 is 0 Å². The van der Waals surface area contributed by atoms with Crippen LogP contribution in [0.5, 0.6) is 0 Å². The predicted molar refractivity (Wildman–Crippen MR) is 76.8 cm³/mol. The second kappa shape index (κ2) is 6.01. The molecule has 0 atom stereocenters. The molecule has 0 unspecified atom stereocenters. The normalized spacial score (nSPS) is 11.2. The van der Waals surface area contributed by atoms with E-state index >= 15 is 0 Å². The van der Waals surface area contributed by atoms with Crippen molar-refractivity contribution in [1.29, 1.82) is 0 Å². The second-order valence-electron chi connectivity index (χ2n) is 3.24. The highest BCUT2D eigenvalue weighted by Gasteiger charge is 2.22. The van der Waals surface area contributed by atoms with Crippen LogP contribution in [0, 0.1) is 3.57 Å². The van der Waals surface area contributed by atoms with Crippen molar-refractivity contribution in [2.24, 2.45) is 0 Å². The Morgan fingerprint density at radius 1 is 1.35 bits per heavy atom. The third-order valence-corrected chi connectivity index (χ3v) is 4.66. The number of benzene rings is 1. The van der Waals surface area contributed by atoms with Gasteiger partial charge in [-0.2, -0.15) is 0 Å². The summed E-state index contributed by atoms with van der Waals surface area (Å²) in [5.41, 5.74) is 0.446. The maximum Gasteiger partial charge on any atom is 0.242 e. The van der Waals surface area contributed by atoms with Crippen molar-refractivity contribution in [3.05, 3.63) is 27.8 Å². The van der Waals surface area contributed by atoms with Crippen LogP contribution in [0.2, 0.25) is 0 Å². The summed E-state index contributed by atoms with van der Waals surface area (Å²) in [6.45, 7) is 1.17. The number of sulfonamides is 1. The Morgan fingerprint density at radius 2 is 1.88 bits per heavy atom. The van der Waals surface area contributed by atoms with Crippen LogP contribution in [0.3, 0.4) is 0 Å². The van der Waals surface area contributed by atoms with Crippen molar-refractivity contribution in [1.82, 2.24) is 0 Å². The number of carbonyl (C=O) groups excluding carboxylic acids is 1. The van der Waals surface area contributed by atoms with E-state index < -0.39 is 15.3 Å². The topological polar surface area (TPSA) is 54.5 Å². The van der Waals surface area contributed by atoms with Crippen LogP contribution in [-0.4, -0.2) is 26.0 Å². The van der Waals surface area contributed by atoms with Crippen LogP contribution in [0.15, 0.2) is 24.3 Å². The van der Waals surface area contributed by atoms with Crippen molar-refractivity contribution >= 4 is 55.1 Å². The van der Waals surface area contributed by atoms with Gasteiger partial charge in [-0.3, -0.25) is 9.10 Å². The van der Waals surface area contributed by atoms with Crippen molar-refractivity contribution in [3.8, 4) is 0 Å². The van der Waals surface area contributed by atoms with Gasteiger partial charge >= 0.3 is 0 Å². The van der Waals surface area contributed by atoms with E-state index in [1.807, 2.05) is 0 Å². The Bertz CT molecular complexity index is 501. The average Bonchev–Trinajstić information content (AvgIpc) is 2.27. The van der Waals surface area contributed by atoms with E-state index in [1.54, 1.807) is 24.3 Å². The Kier molecular flexibility index (Phi) is 5.21. The van der Waals surface area contributed by atoms with Gasteiger partial charge in [0.15, 0.2) is 0 Å². The van der Waals surface area contributed by atoms with Crippen LogP contribution < -0.4 is 4.31 Å². The summed E-state index contributed by atoms with van der Waals surface area (Å²) < 4.78 is 25.7. The summed E-state index contributed by atoms with van der Waals surface area (Å²) in [6.07, 6.45) is 0. The quantitative estimate of drug-likeness (QED) is 0.575. The van der Waals surface area contributed by atoms with Gasteiger partial charge in [0.2, 0.25) is 15.3 Å². The van der Waals surface area contributed by atoms with Crippen molar-refractivity contribution in [2.75, 3.05) is 16.6 Å². The van der Waals surface area contributed by atoms with Gasteiger partial charge in [0, 0.05) is 3.57 Å². The van der Waals surface area contributed by atoms with Crippen LogP contribution >= 0.6 is 34.2 Å². The predicted octanol–water partition coefficient (Wildman–Crippen LogP) is 2.21.